The zero-order valence-electron chi connectivity index (χ0n) is 9.40. The van der Waals surface area contributed by atoms with E-state index in [4.69, 9.17) is 10.5 Å². The first-order valence-electron chi connectivity index (χ1n) is 5.41. The summed E-state index contributed by atoms with van der Waals surface area (Å²) in [6.45, 7) is 1.41. The van der Waals surface area contributed by atoms with Crippen molar-refractivity contribution in [2.75, 3.05) is 19.4 Å². The minimum Gasteiger partial charge on any atom is -0.497 e. The van der Waals surface area contributed by atoms with Gasteiger partial charge < -0.3 is 15.4 Å². The van der Waals surface area contributed by atoms with Crippen LogP contribution in [0.25, 0.3) is 0 Å². The Hall–Kier alpha value is -1.71. The molecule has 4 nitrogen and oxygen atoms in total. The molecule has 1 saturated heterocycles. The lowest BCUT2D eigenvalue weighted by Crippen LogP contribution is -2.24. The summed E-state index contributed by atoms with van der Waals surface area (Å²) in [5.41, 5.74) is 7.54. The molecule has 4 heteroatoms. The highest BCUT2D eigenvalue weighted by Gasteiger charge is 2.20. The average Bonchev–Trinajstić information content (AvgIpc) is 2.68. The van der Waals surface area contributed by atoms with Gasteiger partial charge in [0.25, 0.3) is 0 Å². The Bertz CT molecular complexity index is 404. The van der Waals surface area contributed by atoms with E-state index in [1.807, 2.05) is 23.1 Å². The van der Waals surface area contributed by atoms with Gasteiger partial charge in [-0.3, -0.25) is 4.79 Å². The molecule has 86 valence electrons. The number of hydrogen-bond acceptors (Lipinski definition) is 3. The summed E-state index contributed by atoms with van der Waals surface area (Å²) in [5, 5.41) is 0. The predicted octanol–water partition coefficient (Wildman–Crippen LogP) is 1.40. The van der Waals surface area contributed by atoms with Gasteiger partial charge in [-0.2, -0.15) is 0 Å². The fourth-order valence-corrected chi connectivity index (χ4v) is 1.92. The predicted molar refractivity (Wildman–Crippen MR) is 62.1 cm³/mol. The smallest absolute Gasteiger partial charge is 0.222 e. The fraction of sp³-hybridized carbons (Fsp3) is 0.417. The standard InChI is InChI=1S/C12H16N2O2/c1-16-10-4-5-11(13)9(7-10)8-14-6-2-3-12(14)15/h4-5,7H,2-3,6,8,13H2,1H3. The number of methoxy groups -OCH3 is 1. The quantitative estimate of drug-likeness (QED) is 0.783. The van der Waals surface area contributed by atoms with Gasteiger partial charge in [-0.15, -0.1) is 0 Å². The minimum absolute atomic E-state index is 0.210. The number of ether oxygens (including phenoxy) is 1. The second-order valence-corrected chi connectivity index (χ2v) is 3.98. The van der Waals surface area contributed by atoms with Crippen LogP contribution in [0.4, 0.5) is 5.69 Å². The van der Waals surface area contributed by atoms with E-state index in [1.165, 1.54) is 0 Å². The van der Waals surface area contributed by atoms with Gasteiger partial charge in [0.1, 0.15) is 5.75 Å². The zero-order valence-corrected chi connectivity index (χ0v) is 9.40. The van der Waals surface area contributed by atoms with Crippen molar-refractivity contribution < 1.29 is 9.53 Å². The summed E-state index contributed by atoms with van der Waals surface area (Å²) < 4.78 is 5.14. The van der Waals surface area contributed by atoms with Gasteiger partial charge in [-0.1, -0.05) is 0 Å². The number of likely N-dealkylation sites (tertiary alicyclic amines) is 1. The molecule has 0 aliphatic carbocycles. The Morgan fingerprint density at radius 2 is 2.31 bits per heavy atom. The Labute approximate surface area is 95.0 Å². The van der Waals surface area contributed by atoms with Crippen LogP contribution in [0.15, 0.2) is 18.2 Å². The average molecular weight is 220 g/mol. The molecule has 2 N–H and O–H groups in total. The van der Waals surface area contributed by atoms with E-state index in [0.29, 0.717) is 18.7 Å². The van der Waals surface area contributed by atoms with Crippen LogP contribution in [0.2, 0.25) is 0 Å². The molecular formula is C12H16N2O2. The minimum atomic E-state index is 0.210. The zero-order chi connectivity index (χ0) is 11.5. The van der Waals surface area contributed by atoms with Crippen molar-refractivity contribution in [1.29, 1.82) is 0 Å². The maximum atomic E-state index is 11.5. The van der Waals surface area contributed by atoms with Crippen molar-refractivity contribution in [3.63, 3.8) is 0 Å². The fourth-order valence-electron chi connectivity index (χ4n) is 1.92. The van der Waals surface area contributed by atoms with Gasteiger partial charge in [0.2, 0.25) is 5.91 Å². The van der Waals surface area contributed by atoms with Crippen molar-refractivity contribution in [3.05, 3.63) is 23.8 Å². The number of anilines is 1. The number of hydrogen-bond donors (Lipinski definition) is 1. The lowest BCUT2D eigenvalue weighted by Gasteiger charge is -2.17. The first kappa shape index (κ1) is 10.8. The number of nitrogens with two attached hydrogens (primary N) is 1. The highest BCUT2D eigenvalue weighted by atomic mass is 16.5. The Balaban J connectivity index is 2.16. The van der Waals surface area contributed by atoms with Gasteiger partial charge >= 0.3 is 0 Å². The van der Waals surface area contributed by atoms with Crippen LogP contribution in [-0.4, -0.2) is 24.5 Å². The van der Waals surface area contributed by atoms with Crippen LogP contribution >= 0.6 is 0 Å². The van der Waals surface area contributed by atoms with Gasteiger partial charge in [0.05, 0.1) is 7.11 Å². The molecule has 1 fully saturated rings. The van der Waals surface area contributed by atoms with E-state index in [2.05, 4.69) is 0 Å². The molecule has 1 amide bonds. The molecule has 0 atom stereocenters. The van der Waals surface area contributed by atoms with Crippen LogP contribution in [0, 0.1) is 0 Å². The molecule has 0 saturated carbocycles. The van der Waals surface area contributed by atoms with Crippen molar-refractivity contribution in [1.82, 2.24) is 4.90 Å². The monoisotopic (exact) mass is 220 g/mol. The number of nitrogens with zero attached hydrogens (tertiary/aromatic N) is 1. The number of benzene rings is 1. The molecule has 0 bridgehead atoms. The summed E-state index contributed by atoms with van der Waals surface area (Å²) in [6.07, 6.45) is 1.60. The molecule has 1 aromatic carbocycles. The van der Waals surface area contributed by atoms with Gasteiger partial charge in [-0.25, -0.2) is 0 Å². The number of carbonyl (C=O) groups is 1. The molecule has 2 rings (SSSR count). The third-order valence-electron chi connectivity index (χ3n) is 2.88. The molecule has 1 aliphatic heterocycles. The molecule has 16 heavy (non-hydrogen) atoms. The molecule has 0 aromatic heterocycles. The number of nitrogen functional groups attached to an aromatic ring is 1. The summed E-state index contributed by atoms with van der Waals surface area (Å²) in [4.78, 5) is 13.3. The van der Waals surface area contributed by atoms with Crippen molar-refractivity contribution in [3.8, 4) is 5.75 Å². The molecule has 1 heterocycles. The van der Waals surface area contributed by atoms with Gasteiger partial charge in [0.15, 0.2) is 0 Å². The lowest BCUT2D eigenvalue weighted by atomic mass is 10.1. The lowest BCUT2D eigenvalue weighted by molar-refractivity contribution is -0.128. The molecule has 1 aromatic rings. The number of rotatable bonds is 3. The molecule has 1 aliphatic rings. The van der Waals surface area contributed by atoms with Crippen molar-refractivity contribution in [2.45, 2.75) is 19.4 Å². The maximum Gasteiger partial charge on any atom is 0.222 e. The number of amides is 1. The summed E-state index contributed by atoms with van der Waals surface area (Å²) in [6, 6.07) is 5.53. The second kappa shape index (κ2) is 4.43. The van der Waals surface area contributed by atoms with E-state index in [0.717, 1.165) is 24.3 Å². The Kier molecular flexibility index (Phi) is 2.99. The van der Waals surface area contributed by atoms with Gasteiger partial charge in [0, 0.05) is 25.2 Å². The summed E-state index contributed by atoms with van der Waals surface area (Å²) >= 11 is 0. The Morgan fingerprint density at radius 3 is 2.94 bits per heavy atom. The van der Waals surface area contributed by atoms with E-state index in [-0.39, 0.29) is 5.91 Å². The first-order valence-corrected chi connectivity index (χ1v) is 5.41. The van der Waals surface area contributed by atoms with E-state index in [9.17, 15) is 4.79 Å². The molecule has 0 spiro atoms. The SMILES string of the molecule is COc1ccc(N)c(CN2CCCC2=O)c1. The van der Waals surface area contributed by atoms with E-state index in [1.54, 1.807) is 7.11 Å². The van der Waals surface area contributed by atoms with Crippen LogP contribution in [-0.2, 0) is 11.3 Å². The first-order chi connectivity index (χ1) is 7.70. The van der Waals surface area contributed by atoms with Crippen molar-refractivity contribution in [2.24, 2.45) is 0 Å². The van der Waals surface area contributed by atoms with Crippen LogP contribution in [0.1, 0.15) is 18.4 Å². The highest BCUT2D eigenvalue weighted by Crippen LogP contribution is 2.23. The summed E-state index contributed by atoms with van der Waals surface area (Å²) in [7, 11) is 1.62. The topological polar surface area (TPSA) is 55.6 Å². The largest absolute Gasteiger partial charge is 0.497 e. The van der Waals surface area contributed by atoms with Crippen LogP contribution in [0.5, 0.6) is 5.75 Å². The normalized spacial score (nSPS) is 15.6. The molecular weight excluding hydrogens is 204 g/mol. The number of carbonyl (C=O) groups excluding carboxylic acids is 1. The van der Waals surface area contributed by atoms with E-state index >= 15 is 0 Å². The van der Waals surface area contributed by atoms with E-state index < -0.39 is 0 Å². The highest BCUT2D eigenvalue weighted by molar-refractivity contribution is 5.78. The van der Waals surface area contributed by atoms with Crippen LogP contribution in [0.3, 0.4) is 0 Å². The Morgan fingerprint density at radius 1 is 1.50 bits per heavy atom. The summed E-state index contributed by atoms with van der Waals surface area (Å²) in [5.74, 6) is 0.984. The third-order valence-corrected chi connectivity index (χ3v) is 2.88. The third kappa shape index (κ3) is 2.10. The molecule has 0 unspecified atom stereocenters. The maximum absolute atomic E-state index is 11.5. The van der Waals surface area contributed by atoms with Gasteiger partial charge in [-0.05, 0) is 30.2 Å². The molecule has 0 radical (unpaired) electrons. The van der Waals surface area contributed by atoms with Crippen LogP contribution < -0.4 is 10.5 Å². The van der Waals surface area contributed by atoms with Crippen molar-refractivity contribution >= 4 is 11.6 Å². The second-order valence-electron chi connectivity index (χ2n) is 3.98.